The monoisotopic (exact) mass is 469 g/mol. The number of benzene rings is 1. The number of primary amides is 1. The molecule has 10 heteroatoms. The summed E-state index contributed by atoms with van der Waals surface area (Å²) in [5.74, 6) is 1.02. The van der Waals surface area contributed by atoms with Crippen molar-refractivity contribution in [2.45, 2.75) is 0 Å². The molecule has 2 N–H and O–H groups in total. The summed E-state index contributed by atoms with van der Waals surface area (Å²) in [6, 6.07) is 12.6. The highest BCUT2D eigenvalue weighted by atomic mass is 16.5. The first-order valence-corrected chi connectivity index (χ1v) is 11.1. The number of rotatable bonds is 6. The van der Waals surface area contributed by atoms with Gasteiger partial charge in [0.25, 0.3) is 5.91 Å². The first-order valence-electron chi connectivity index (χ1n) is 11.1. The average Bonchev–Trinajstić information content (AvgIpc) is 3.29. The van der Waals surface area contributed by atoms with Crippen molar-refractivity contribution in [3.8, 4) is 22.9 Å². The van der Waals surface area contributed by atoms with Gasteiger partial charge in [-0.05, 0) is 36.4 Å². The average molecular weight is 470 g/mol. The number of ether oxygens (including phenoxy) is 1. The van der Waals surface area contributed by atoms with Gasteiger partial charge in [-0.3, -0.25) is 14.0 Å². The van der Waals surface area contributed by atoms with Gasteiger partial charge in [0.15, 0.2) is 11.5 Å². The smallest absolute Gasteiger partial charge is 0.268 e. The van der Waals surface area contributed by atoms with E-state index in [2.05, 4.69) is 16.5 Å². The maximum absolute atomic E-state index is 12.5. The molecule has 0 radical (unpaired) electrons. The molecule has 0 saturated carbocycles. The van der Waals surface area contributed by atoms with E-state index in [4.69, 9.17) is 15.5 Å². The lowest BCUT2D eigenvalue weighted by Gasteiger charge is -2.34. The molecule has 1 aliphatic rings. The molecule has 0 atom stereocenters. The maximum atomic E-state index is 12.5. The summed E-state index contributed by atoms with van der Waals surface area (Å²) in [6.07, 6.45) is 6.26. The normalized spacial score (nSPS) is 13.6. The van der Waals surface area contributed by atoms with E-state index < -0.39 is 5.91 Å². The highest BCUT2D eigenvalue weighted by molar-refractivity contribution is 5.99. The quantitative estimate of drug-likeness (QED) is 0.431. The van der Waals surface area contributed by atoms with Crippen molar-refractivity contribution in [1.29, 1.82) is 0 Å². The van der Waals surface area contributed by atoms with Gasteiger partial charge in [0.2, 0.25) is 11.8 Å². The molecule has 4 aromatic rings. The minimum atomic E-state index is -0.597. The predicted molar refractivity (Wildman–Crippen MR) is 130 cm³/mol. The van der Waals surface area contributed by atoms with Crippen LogP contribution in [0.2, 0.25) is 0 Å². The number of carbonyl (C=O) groups excluding carboxylic acids is 2. The number of fused-ring (bicyclic) bond motifs is 1. The van der Waals surface area contributed by atoms with Gasteiger partial charge in [-0.25, -0.2) is 15.0 Å². The predicted octanol–water partition coefficient (Wildman–Crippen LogP) is 2.52. The molecular weight excluding hydrogens is 446 g/mol. The molecule has 1 fully saturated rings. The van der Waals surface area contributed by atoms with Gasteiger partial charge in [0.1, 0.15) is 17.1 Å². The molecule has 0 spiro atoms. The fourth-order valence-electron chi connectivity index (χ4n) is 4.10. The van der Waals surface area contributed by atoms with Gasteiger partial charge in [0, 0.05) is 56.4 Å². The number of aromatic nitrogens is 4. The number of amides is 2. The van der Waals surface area contributed by atoms with Crippen LogP contribution in [0.4, 0.5) is 5.82 Å². The minimum Gasteiger partial charge on any atom is -0.439 e. The fourth-order valence-corrected chi connectivity index (χ4v) is 4.10. The number of hydrogen-bond acceptors (Lipinski definition) is 7. The Morgan fingerprint density at radius 3 is 2.43 bits per heavy atom. The molecular formula is C25H23N7O3. The third-order valence-corrected chi connectivity index (χ3v) is 5.81. The van der Waals surface area contributed by atoms with Gasteiger partial charge in [-0.2, -0.15) is 0 Å². The lowest BCUT2D eigenvalue weighted by molar-refractivity contribution is -0.126. The Labute approximate surface area is 201 Å². The van der Waals surface area contributed by atoms with Crippen LogP contribution in [0.5, 0.6) is 11.6 Å². The Morgan fingerprint density at radius 2 is 1.77 bits per heavy atom. The molecule has 1 aromatic carbocycles. The molecule has 1 aliphatic heterocycles. The molecule has 35 heavy (non-hydrogen) atoms. The van der Waals surface area contributed by atoms with Gasteiger partial charge >= 0.3 is 0 Å². The highest BCUT2D eigenvalue weighted by Gasteiger charge is 2.26. The Hall–Kier alpha value is -4.73. The molecule has 4 heterocycles. The molecule has 1 saturated heterocycles. The van der Waals surface area contributed by atoms with Crippen LogP contribution < -0.4 is 15.4 Å². The van der Waals surface area contributed by atoms with Crippen LogP contribution >= 0.6 is 0 Å². The van der Waals surface area contributed by atoms with E-state index in [0.717, 1.165) is 0 Å². The third kappa shape index (κ3) is 4.29. The van der Waals surface area contributed by atoms with Gasteiger partial charge < -0.3 is 20.3 Å². The number of pyridine rings is 1. The van der Waals surface area contributed by atoms with Crippen molar-refractivity contribution in [3.63, 3.8) is 0 Å². The lowest BCUT2D eigenvalue weighted by Crippen LogP contribution is -2.48. The van der Waals surface area contributed by atoms with Crippen molar-refractivity contribution >= 4 is 23.3 Å². The summed E-state index contributed by atoms with van der Waals surface area (Å²) < 4.78 is 7.42. The largest absolute Gasteiger partial charge is 0.439 e. The van der Waals surface area contributed by atoms with E-state index in [1.165, 1.54) is 6.08 Å². The van der Waals surface area contributed by atoms with Gasteiger partial charge in [-0.1, -0.05) is 12.6 Å². The second kappa shape index (κ2) is 9.26. The van der Waals surface area contributed by atoms with E-state index >= 15 is 0 Å². The maximum Gasteiger partial charge on any atom is 0.268 e. The summed E-state index contributed by atoms with van der Waals surface area (Å²) in [7, 11) is 0. The van der Waals surface area contributed by atoms with Crippen molar-refractivity contribution in [2.75, 3.05) is 31.1 Å². The molecule has 2 amide bonds. The summed E-state index contributed by atoms with van der Waals surface area (Å²) in [6.45, 7) is 5.81. The number of nitrogens with zero attached hydrogens (tertiary/aromatic N) is 6. The van der Waals surface area contributed by atoms with Crippen molar-refractivity contribution in [3.05, 3.63) is 79.4 Å². The molecule has 176 valence electrons. The zero-order valence-electron chi connectivity index (χ0n) is 18.9. The Kier molecular flexibility index (Phi) is 5.84. The first-order chi connectivity index (χ1) is 17.0. The molecule has 5 rings (SSSR count). The van der Waals surface area contributed by atoms with E-state index in [1.807, 2.05) is 29.2 Å². The number of carbonyl (C=O) groups is 2. The summed E-state index contributed by atoms with van der Waals surface area (Å²) in [5.41, 5.74) is 7.72. The Morgan fingerprint density at radius 1 is 1.00 bits per heavy atom. The molecule has 0 unspecified atom stereocenters. The van der Waals surface area contributed by atoms with Crippen molar-refractivity contribution < 1.29 is 14.3 Å². The SMILES string of the molecule is C=CC(=O)N1CCN(c2nccn3c(C(N)=O)c(-c4ccc(Oc5ccccn5)cc4)nc23)CC1. The first kappa shape index (κ1) is 22.1. The second-order valence-electron chi connectivity index (χ2n) is 7.93. The highest BCUT2D eigenvalue weighted by Crippen LogP contribution is 2.30. The number of imidazole rings is 1. The summed E-state index contributed by atoms with van der Waals surface area (Å²) in [4.78, 5) is 41.6. The Balaban J connectivity index is 1.47. The standard InChI is InChI=1S/C25H23N7O3/c1-2-20(33)30-13-15-31(16-14-30)24-25-29-21(22(23(26)34)32(25)12-11-28-24)17-6-8-18(9-7-17)35-19-5-3-4-10-27-19/h2-12H,1,13-16H2,(H2,26,34). The number of anilines is 1. The van der Waals surface area contributed by atoms with Crippen LogP contribution in [-0.2, 0) is 4.79 Å². The third-order valence-electron chi connectivity index (χ3n) is 5.81. The van der Waals surface area contributed by atoms with E-state index in [1.54, 1.807) is 46.1 Å². The van der Waals surface area contributed by atoms with E-state index in [9.17, 15) is 9.59 Å². The summed E-state index contributed by atoms with van der Waals surface area (Å²) in [5, 5.41) is 0. The number of hydrogen-bond donors (Lipinski definition) is 1. The number of piperazine rings is 1. The van der Waals surface area contributed by atoms with Crippen LogP contribution in [0, 0.1) is 0 Å². The second-order valence-corrected chi connectivity index (χ2v) is 7.93. The molecule has 3 aromatic heterocycles. The molecule has 0 bridgehead atoms. The zero-order valence-corrected chi connectivity index (χ0v) is 18.9. The van der Waals surface area contributed by atoms with Gasteiger partial charge in [-0.15, -0.1) is 0 Å². The molecule has 10 nitrogen and oxygen atoms in total. The topological polar surface area (TPSA) is 119 Å². The minimum absolute atomic E-state index is 0.0922. The van der Waals surface area contributed by atoms with Crippen LogP contribution in [-0.4, -0.2) is 62.2 Å². The number of nitrogens with two attached hydrogens (primary N) is 1. The van der Waals surface area contributed by atoms with Crippen LogP contribution in [0.15, 0.2) is 73.7 Å². The van der Waals surface area contributed by atoms with E-state index in [-0.39, 0.29) is 11.6 Å². The van der Waals surface area contributed by atoms with Crippen molar-refractivity contribution in [1.82, 2.24) is 24.3 Å². The van der Waals surface area contributed by atoms with Crippen LogP contribution in [0.1, 0.15) is 10.5 Å². The lowest BCUT2D eigenvalue weighted by atomic mass is 10.1. The van der Waals surface area contributed by atoms with Gasteiger partial charge in [0.05, 0.1) is 0 Å². The zero-order chi connectivity index (χ0) is 24.4. The van der Waals surface area contributed by atoms with Crippen molar-refractivity contribution in [2.24, 2.45) is 5.73 Å². The fraction of sp³-hybridized carbons (Fsp3) is 0.160. The Bertz CT molecular complexity index is 1390. The van der Waals surface area contributed by atoms with E-state index in [0.29, 0.717) is 60.5 Å². The van der Waals surface area contributed by atoms with Crippen LogP contribution in [0.25, 0.3) is 16.9 Å². The summed E-state index contributed by atoms with van der Waals surface area (Å²) >= 11 is 0. The van der Waals surface area contributed by atoms with Crippen LogP contribution in [0.3, 0.4) is 0 Å². The molecule has 0 aliphatic carbocycles.